The Balaban J connectivity index is 1.48. The van der Waals surface area contributed by atoms with Crippen LogP contribution in [0.3, 0.4) is 0 Å². The van der Waals surface area contributed by atoms with Crippen LogP contribution in [0.4, 0.5) is 4.39 Å². The van der Waals surface area contributed by atoms with Crippen molar-refractivity contribution in [1.29, 1.82) is 0 Å². The molecule has 1 N–H and O–H groups in total. The predicted molar refractivity (Wildman–Crippen MR) is 80.8 cm³/mol. The maximum Gasteiger partial charge on any atom is 0.316 e. The molecule has 1 aliphatic carbocycles. The number of hydrogen-bond donors (Lipinski definition) is 1. The molecule has 0 bridgehead atoms. The maximum absolute atomic E-state index is 12.8. The number of hydrogen-bond acceptors (Lipinski definition) is 7. The Kier molecular flexibility index (Phi) is 4.75. The van der Waals surface area contributed by atoms with Gasteiger partial charge in [-0.05, 0) is 44.1 Å². The second-order valence-corrected chi connectivity index (χ2v) is 6.19. The van der Waals surface area contributed by atoms with E-state index in [4.69, 9.17) is 4.74 Å². The van der Waals surface area contributed by atoms with Gasteiger partial charge in [0.2, 0.25) is 0 Å². The molecule has 23 heavy (non-hydrogen) atoms. The second-order valence-electron chi connectivity index (χ2n) is 5.44. The smallest absolute Gasteiger partial charge is 0.316 e. The van der Waals surface area contributed by atoms with Crippen molar-refractivity contribution in [2.24, 2.45) is 0 Å². The highest BCUT2D eigenvalue weighted by molar-refractivity contribution is 7.08. The molecule has 0 spiro atoms. The van der Waals surface area contributed by atoms with Gasteiger partial charge in [-0.3, -0.25) is 4.79 Å². The van der Waals surface area contributed by atoms with Crippen LogP contribution in [0, 0.1) is 12.7 Å². The molecule has 0 radical (unpaired) electrons. The Hall–Kier alpha value is -2.16. The van der Waals surface area contributed by atoms with Crippen LogP contribution in [-0.2, 0) is 0 Å². The number of aromatic nitrogens is 4. The first kappa shape index (κ1) is 15.7. The van der Waals surface area contributed by atoms with E-state index in [1.165, 1.54) is 0 Å². The zero-order valence-corrected chi connectivity index (χ0v) is 13.3. The summed E-state index contributed by atoms with van der Waals surface area (Å²) in [6, 6.07) is 0.295. The van der Waals surface area contributed by atoms with E-state index in [2.05, 4.69) is 24.9 Å². The van der Waals surface area contributed by atoms with Gasteiger partial charge in [-0.1, -0.05) is 4.49 Å². The first-order chi connectivity index (χ1) is 11.1. The third kappa shape index (κ3) is 3.98. The fourth-order valence-electron chi connectivity index (χ4n) is 2.53. The number of nitrogens with zero attached hydrogens (tertiary/aromatic N) is 4. The van der Waals surface area contributed by atoms with Crippen LogP contribution >= 0.6 is 11.5 Å². The molecule has 1 fully saturated rings. The van der Waals surface area contributed by atoms with Crippen molar-refractivity contribution in [2.75, 3.05) is 0 Å². The number of rotatable bonds is 4. The molecule has 1 amide bonds. The zero-order valence-electron chi connectivity index (χ0n) is 12.5. The van der Waals surface area contributed by atoms with Crippen molar-refractivity contribution in [1.82, 2.24) is 24.9 Å². The Bertz CT molecular complexity index is 670. The van der Waals surface area contributed by atoms with Crippen molar-refractivity contribution in [3.05, 3.63) is 28.8 Å². The van der Waals surface area contributed by atoms with E-state index < -0.39 is 5.82 Å². The largest absolute Gasteiger partial charge is 0.460 e. The molecule has 0 aliphatic heterocycles. The SMILES string of the molecule is Cc1nnsc1C(=O)NC1CCC(Oc2ncc(F)cn2)CC1. The summed E-state index contributed by atoms with van der Waals surface area (Å²) >= 11 is 1.10. The third-order valence-corrected chi connectivity index (χ3v) is 4.56. The summed E-state index contributed by atoms with van der Waals surface area (Å²) in [4.78, 5) is 20.3. The number of carbonyl (C=O) groups excluding carboxylic acids is 1. The molecule has 7 nitrogen and oxygen atoms in total. The van der Waals surface area contributed by atoms with Crippen molar-refractivity contribution in [2.45, 2.75) is 44.8 Å². The molecule has 2 aromatic heterocycles. The highest BCUT2D eigenvalue weighted by Gasteiger charge is 2.25. The zero-order chi connectivity index (χ0) is 16.2. The van der Waals surface area contributed by atoms with Gasteiger partial charge in [-0.15, -0.1) is 5.10 Å². The Morgan fingerprint density at radius 1 is 1.30 bits per heavy atom. The first-order valence-electron chi connectivity index (χ1n) is 7.36. The number of halogens is 1. The lowest BCUT2D eigenvalue weighted by Crippen LogP contribution is -2.39. The van der Waals surface area contributed by atoms with E-state index in [9.17, 15) is 9.18 Å². The monoisotopic (exact) mass is 337 g/mol. The number of carbonyl (C=O) groups is 1. The van der Waals surface area contributed by atoms with Crippen molar-refractivity contribution < 1.29 is 13.9 Å². The lowest BCUT2D eigenvalue weighted by Gasteiger charge is -2.28. The van der Waals surface area contributed by atoms with Crippen LogP contribution in [0.15, 0.2) is 12.4 Å². The van der Waals surface area contributed by atoms with Crippen LogP contribution in [0.5, 0.6) is 6.01 Å². The summed E-state index contributed by atoms with van der Waals surface area (Å²) in [6.45, 7) is 1.77. The number of aryl methyl sites for hydroxylation is 1. The number of amides is 1. The van der Waals surface area contributed by atoms with Crippen LogP contribution in [0.25, 0.3) is 0 Å². The average Bonchev–Trinajstić information content (AvgIpc) is 2.98. The molecule has 3 rings (SSSR count). The van der Waals surface area contributed by atoms with E-state index in [0.29, 0.717) is 10.6 Å². The van der Waals surface area contributed by atoms with Gasteiger partial charge in [0, 0.05) is 6.04 Å². The van der Waals surface area contributed by atoms with Crippen LogP contribution in [-0.4, -0.2) is 37.6 Å². The van der Waals surface area contributed by atoms with E-state index >= 15 is 0 Å². The fraction of sp³-hybridized carbons (Fsp3) is 0.500. The molecule has 0 aromatic carbocycles. The molecular weight excluding hydrogens is 321 g/mol. The molecule has 2 heterocycles. The number of ether oxygens (including phenoxy) is 1. The Morgan fingerprint density at radius 3 is 2.61 bits per heavy atom. The van der Waals surface area contributed by atoms with Crippen molar-refractivity contribution in [3.8, 4) is 6.01 Å². The molecule has 9 heteroatoms. The standard InChI is InChI=1S/C14H16FN5O2S/c1-8-12(23-20-19-8)13(21)18-10-2-4-11(5-3-10)22-14-16-6-9(15)7-17-14/h6-7,10-11H,2-5H2,1H3,(H,18,21). The quantitative estimate of drug-likeness (QED) is 0.916. The molecule has 0 saturated heterocycles. The lowest BCUT2D eigenvalue weighted by molar-refractivity contribution is 0.0888. The third-order valence-electron chi connectivity index (χ3n) is 3.74. The normalized spacial score (nSPS) is 21.0. The molecule has 0 unspecified atom stereocenters. The van der Waals surface area contributed by atoms with E-state index in [1.54, 1.807) is 6.92 Å². The van der Waals surface area contributed by atoms with Gasteiger partial charge in [0.25, 0.3) is 5.91 Å². The van der Waals surface area contributed by atoms with Crippen LogP contribution < -0.4 is 10.1 Å². The van der Waals surface area contributed by atoms with E-state index in [-0.39, 0.29) is 24.1 Å². The molecule has 1 saturated carbocycles. The summed E-state index contributed by atoms with van der Waals surface area (Å²) < 4.78 is 22.2. The maximum atomic E-state index is 12.8. The number of nitrogens with one attached hydrogen (secondary N) is 1. The van der Waals surface area contributed by atoms with E-state index in [0.717, 1.165) is 49.6 Å². The van der Waals surface area contributed by atoms with Crippen molar-refractivity contribution in [3.63, 3.8) is 0 Å². The minimum atomic E-state index is -0.489. The highest BCUT2D eigenvalue weighted by Crippen LogP contribution is 2.22. The predicted octanol–water partition coefficient (Wildman–Crippen LogP) is 1.90. The Labute approximate surface area is 136 Å². The minimum absolute atomic E-state index is 0.0135. The minimum Gasteiger partial charge on any atom is -0.460 e. The highest BCUT2D eigenvalue weighted by atomic mass is 32.1. The molecular formula is C14H16FN5O2S. The molecule has 122 valence electrons. The Morgan fingerprint density at radius 2 is 2.00 bits per heavy atom. The summed E-state index contributed by atoms with van der Waals surface area (Å²) in [5.41, 5.74) is 0.651. The van der Waals surface area contributed by atoms with Gasteiger partial charge in [0.1, 0.15) is 11.0 Å². The molecule has 0 atom stereocenters. The lowest BCUT2D eigenvalue weighted by atomic mass is 9.93. The van der Waals surface area contributed by atoms with E-state index in [1.807, 2.05) is 0 Å². The van der Waals surface area contributed by atoms with Gasteiger partial charge in [-0.25, -0.2) is 14.4 Å². The summed E-state index contributed by atoms with van der Waals surface area (Å²) in [5.74, 6) is -0.611. The van der Waals surface area contributed by atoms with Gasteiger partial charge in [-0.2, -0.15) is 0 Å². The average molecular weight is 337 g/mol. The van der Waals surface area contributed by atoms with Crippen LogP contribution in [0.2, 0.25) is 0 Å². The van der Waals surface area contributed by atoms with Crippen molar-refractivity contribution >= 4 is 17.4 Å². The first-order valence-corrected chi connectivity index (χ1v) is 8.13. The summed E-state index contributed by atoms with van der Waals surface area (Å²) in [6.07, 6.45) is 5.34. The van der Waals surface area contributed by atoms with Gasteiger partial charge >= 0.3 is 6.01 Å². The van der Waals surface area contributed by atoms with Crippen LogP contribution in [0.1, 0.15) is 41.0 Å². The fourth-order valence-corrected chi connectivity index (χ4v) is 3.09. The molecule has 1 aliphatic rings. The topological polar surface area (TPSA) is 89.9 Å². The second kappa shape index (κ2) is 6.95. The molecule has 2 aromatic rings. The van der Waals surface area contributed by atoms with Gasteiger partial charge in [0.15, 0.2) is 5.82 Å². The van der Waals surface area contributed by atoms with Gasteiger partial charge < -0.3 is 10.1 Å². The van der Waals surface area contributed by atoms with Gasteiger partial charge in [0.05, 0.1) is 18.1 Å². The summed E-state index contributed by atoms with van der Waals surface area (Å²) in [5, 5.41) is 6.85. The summed E-state index contributed by atoms with van der Waals surface area (Å²) in [7, 11) is 0.